The van der Waals surface area contributed by atoms with Crippen LogP contribution in [0.2, 0.25) is 10.0 Å². The second-order valence-electron chi connectivity index (χ2n) is 10.2. The molecule has 0 spiro atoms. The molecule has 2 atom stereocenters. The third kappa shape index (κ3) is 10.3. The van der Waals surface area contributed by atoms with E-state index in [9.17, 15) is 9.59 Å². The molecule has 4 aromatic carbocycles. The molecule has 0 fully saturated rings. The Labute approximate surface area is 273 Å². The minimum atomic E-state index is -0.943. The van der Waals surface area contributed by atoms with Crippen LogP contribution in [-0.4, -0.2) is 36.8 Å². The average molecular weight is 649 g/mol. The summed E-state index contributed by atoms with van der Waals surface area (Å²) in [5.74, 6) is 0.464. The van der Waals surface area contributed by atoms with Crippen LogP contribution >= 0.6 is 23.2 Å². The van der Waals surface area contributed by atoms with E-state index in [4.69, 9.17) is 37.4 Å². The van der Waals surface area contributed by atoms with E-state index in [0.717, 1.165) is 11.1 Å². The summed E-state index contributed by atoms with van der Waals surface area (Å²) < 4.78 is 17.5. The van der Waals surface area contributed by atoms with E-state index < -0.39 is 24.0 Å². The van der Waals surface area contributed by atoms with Gasteiger partial charge in [-0.1, -0.05) is 83.4 Å². The first-order valence-corrected chi connectivity index (χ1v) is 15.2. The zero-order valence-corrected chi connectivity index (χ0v) is 26.8. The molecule has 45 heavy (non-hydrogen) atoms. The van der Waals surface area contributed by atoms with E-state index in [-0.39, 0.29) is 11.4 Å². The van der Waals surface area contributed by atoms with E-state index in [1.807, 2.05) is 74.5 Å². The molecule has 8 nitrogen and oxygen atoms in total. The highest BCUT2D eigenvalue weighted by atomic mass is 35.5. The number of nitrogens with one attached hydrogen (secondary N) is 2. The van der Waals surface area contributed by atoms with Gasteiger partial charge < -0.3 is 19.5 Å². The van der Waals surface area contributed by atoms with Gasteiger partial charge in [0.25, 0.3) is 11.8 Å². The summed E-state index contributed by atoms with van der Waals surface area (Å²) in [6.45, 7) is 6.35. The van der Waals surface area contributed by atoms with Gasteiger partial charge in [-0.2, -0.15) is 5.10 Å². The molecular formula is C35H35Cl2N3O5. The number of hydrogen-bond acceptors (Lipinski definition) is 6. The molecule has 234 valence electrons. The predicted molar refractivity (Wildman–Crippen MR) is 177 cm³/mol. The molecule has 10 heteroatoms. The first-order valence-electron chi connectivity index (χ1n) is 14.5. The Balaban J connectivity index is 1.41. The van der Waals surface area contributed by atoms with E-state index in [1.54, 1.807) is 31.2 Å². The van der Waals surface area contributed by atoms with Crippen molar-refractivity contribution in [3.63, 3.8) is 0 Å². The Bertz CT molecular complexity index is 1610. The van der Waals surface area contributed by atoms with Gasteiger partial charge in [0, 0.05) is 11.4 Å². The van der Waals surface area contributed by atoms with Gasteiger partial charge in [0.1, 0.15) is 18.4 Å². The van der Waals surface area contributed by atoms with Crippen molar-refractivity contribution in [3.8, 4) is 17.2 Å². The van der Waals surface area contributed by atoms with Crippen molar-refractivity contribution >= 4 is 41.2 Å². The van der Waals surface area contributed by atoms with Crippen molar-refractivity contribution in [2.75, 3.05) is 6.61 Å². The summed E-state index contributed by atoms with van der Waals surface area (Å²) in [5, 5.41) is 7.63. The maximum absolute atomic E-state index is 13.2. The fourth-order valence-corrected chi connectivity index (χ4v) is 4.70. The maximum atomic E-state index is 13.2. The van der Waals surface area contributed by atoms with Crippen molar-refractivity contribution in [1.29, 1.82) is 0 Å². The molecule has 0 radical (unpaired) electrons. The van der Waals surface area contributed by atoms with Gasteiger partial charge in [-0.3, -0.25) is 9.59 Å². The van der Waals surface area contributed by atoms with Crippen LogP contribution in [0.3, 0.4) is 0 Å². The van der Waals surface area contributed by atoms with Crippen molar-refractivity contribution in [2.24, 2.45) is 5.10 Å². The molecule has 4 aromatic rings. The van der Waals surface area contributed by atoms with E-state index in [0.29, 0.717) is 41.0 Å². The Morgan fingerprint density at radius 1 is 0.844 bits per heavy atom. The number of carbonyl (C=O) groups excluding carboxylic acids is 2. The van der Waals surface area contributed by atoms with Gasteiger partial charge in [0.15, 0.2) is 17.6 Å². The minimum absolute atomic E-state index is 0.240. The third-order valence-corrected chi connectivity index (χ3v) is 7.18. The van der Waals surface area contributed by atoms with Crippen molar-refractivity contribution in [1.82, 2.24) is 10.7 Å². The molecule has 0 aliphatic heterocycles. The van der Waals surface area contributed by atoms with Crippen LogP contribution < -0.4 is 25.0 Å². The van der Waals surface area contributed by atoms with E-state index in [2.05, 4.69) is 15.8 Å². The average Bonchev–Trinajstić information content (AvgIpc) is 3.03. The van der Waals surface area contributed by atoms with Gasteiger partial charge >= 0.3 is 0 Å². The Morgan fingerprint density at radius 2 is 1.58 bits per heavy atom. The lowest BCUT2D eigenvalue weighted by Crippen LogP contribution is -2.50. The summed E-state index contributed by atoms with van der Waals surface area (Å²) in [6.07, 6.45) is 0.797. The lowest BCUT2D eigenvalue weighted by Gasteiger charge is -2.21. The van der Waals surface area contributed by atoms with Gasteiger partial charge in [-0.25, -0.2) is 5.43 Å². The fraction of sp³-hybridized carbons (Fsp3) is 0.229. The summed E-state index contributed by atoms with van der Waals surface area (Å²) in [6, 6.07) is 26.7. The molecule has 0 bridgehead atoms. The van der Waals surface area contributed by atoms with Crippen molar-refractivity contribution < 1.29 is 23.8 Å². The minimum Gasteiger partial charge on any atom is -0.490 e. The maximum Gasteiger partial charge on any atom is 0.262 e. The van der Waals surface area contributed by atoms with E-state index >= 15 is 0 Å². The topological polar surface area (TPSA) is 98.2 Å². The molecule has 2 N–H and O–H groups in total. The molecule has 0 aliphatic rings. The van der Waals surface area contributed by atoms with Crippen LogP contribution in [0.15, 0.2) is 96.1 Å². The SMILES string of the molecule is CCOc1cc(/C=N\NC(=O)[C@H](Cc2ccccc2)NC(=O)[C@@H](C)Oc2ccc(Cl)cc2Cl)ccc1OCc1ccc(C)cc1. The molecular weight excluding hydrogens is 613 g/mol. The Kier molecular flexibility index (Phi) is 12.2. The fourth-order valence-electron chi connectivity index (χ4n) is 4.25. The Hall–Kier alpha value is -4.53. The summed E-state index contributed by atoms with van der Waals surface area (Å²) in [5.41, 5.74) is 6.32. The second-order valence-corrected chi connectivity index (χ2v) is 11.1. The molecule has 4 rings (SSSR count). The first-order chi connectivity index (χ1) is 21.7. The molecule has 2 amide bonds. The van der Waals surface area contributed by atoms with Crippen LogP contribution in [0.25, 0.3) is 0 Å². The molecule has 0 saturated heterocycles. The van der Waals surface area contributed by atoms with Crippen LogP contribution in [0.1, 0.15) is 36.1 Å². The number of hydrogen-bond donors (Lipinski definition) is 2. The number of hydrazone groups is 1. The van der Waals surface area contributed by atoms with Crippen LogP contribution in [-0.2, 0) is 22.6 Å². The standard InChI is InChI=1S/C35H35Cl2N3O5/c1-4-43-33-19-27(14-16-32(33)44-22-26-12-10-23(2)11-13-26)21-38-40-35(42)30(18-25-8-6-5-7-9-25)39-34(41)24(3)45-31-17-15-28(36)20-29(31)37/h5-17,19-21,24,30H,4,18,22H2,1-3H3,(H,39,41)(H,40,42)/b38-21-/t24-,30+/m1/s1. The number of ether oxygens (including phenoxy) is 3. The number of rotatable bonds is 14. The smallest absolute Gasteiger partial charge is 0.262 e. The summed E-state index contributed by atoms with van der Waals surface area (Å²) in [4.78, 5) is 26.3. The van der Waals surface area contributed by atoms with Gasteiger partial charge in [-0.05, 0) is 73.9 Å². The van der Waals surface area contributed by atoms with Crippen molar-refractivity contribution in [2.45, 2.75) is 45.9 Å². The largest absolute Gasteiger partial charge is 0.490 e. The van der Waals surface area contributed by atoms with Crippen molar-refractivity contribution in [3.05, 3.63) is 123 Å². The highest BCUT2D eigenvalue weighted by Crippen LogP contribution is 2.29. The van der Waals surface area contributed by atoms with Gasteiger partial charge in [0.05, 0.1) is 17.8 Å². The quantitative estimate of drug-likeness (QED) is 0.114. The zero-order chi connectivity index (χ0) is 32.2. The van der Waals surface area contributed by atoms with E-state index in [1.165, 1.54) is 17.8 Å². The number of aryl methyl sites for hydroxylation is 1. The molecule has 0 aliphatic carbocycles. The molecule has 0 saturated carbocycles. The molecule has 0 heterocycles. The van der Waals surface area contributed by atoms with Gasteiger partial charge in [-0.15, -0.1) is 0 Å². The second kappa shape index (κ2) is 16.5. The van der Waals surface area contributed by atoms with Crippen LogP contribution in [0, 0.1) is 6.92 Å². The lowest BCUT2D eigenvalue weighted by molar-refractivity contribution is -0.132. The van der Waals surface area contributed by atoms with Crippen LogP contribution in [0.4, 0.5) is 0 Å². The molecule has 0 aromatic heterocycles. The number of benzene rings is 4. The summed E-state index contributed by atoms with van der Waals surface area (Å²) in [7, 11) is 0. The zero-order valence-electron chi connectivity index (χ0n) is 25.3. The van der Waals surface area contributed by atoms with Gasteiger partial charge in [0.2, 0.25) is 0 Å². The number of halogens is 2. The normalized spacial score (nSPS) is 12.3. The summed E-state index contributed by atoms with van der Waals surface area (Å²) >= 11 is 12.2. The lowest BCUT2D eigenvalue weighted by atomic mass is 10.1. The predicted octanol–water partition coefficient (Wildman–Crippen LogP) is 6.92. The Morgan fingerprint density at radius 3 is 2.29 bits per heavy atom. The monoisotopic (exact) mass is 647 g/mol. The number of nitrogens with zero attached hydrogens (tertiary/aromatic N) is 1. The highest BCUT2D eigenvalue weighted by Gasteiger charge is 2.25. The number of amides is 2. The van der Waals surface area contributed by atoms with Crippen LogP contribution in [0.5, 0.6) is 17.2 Å². The number of carbonyl (C=O) groups is 2. The first kappa shape index (κ1) is 33.4. The molecule has 0 unspecified atom stereocenters. The highest BCUT2D eigenvalue weighted by molar-refractivity contribution is 6.35. The third-order valence-electron chi connectivity index (χ3n) is 6.65.